The summed E-state index contributed by atoms with van der Waals surface area (Å²) < 4.78 is 15.5. The third-order valence-electron chi connectivity index (χ3n) is 4.26. The number of aromatic nitrogens is 2. The molecule has 3 rings (SSSR count). The molecule has 1 amide bonds. The molecule has 1 N–H and O–H groups in total. The second-order valence-electron chi connectivity index (χ2n) is 5.77. The van der Waals surface area contributed by atoms with Crippen molar-refractivity contribution in [1.29, 1.82) is 0 Å². The third-order valence-corrected chi connectivity index (χ3v) is 4.26. The number of halogens is 1. The van der Waals surface area contributed by atoms with E-state index in [0.717, 1.165) is 16.9 Å². The Balaban J connectivity index is 2.03. The molecule has 0 aliphatic carbocycles. The van der Waals surface area contributed by atoms with E-state index in [0.29, 0.717) is 24.1 Å². The van der Waals surface area contributed by atoms with Crippen LogP contribution in [0.2, 0.25) is 0 Å². The normalized spacial score (nSPS) is 17.5. The molecule has 1 aromatic heterocycles. The maximum absolute atomic E-state index is 13.8. The van der Waals surface area contributed by atoms with E-state index in [-0.39, 0.29) is 11.9 Å². The zero-order valence-corrected chi connectivity index (χ0v) is 12.8. The Morgan fingerprint density at radius 2 is 2.00 bits per heavy atom. The summed E-state index contributed by atoms with van der Waals surface area (Å²) in [6.07, 6.45) is 1.53. The monoisotopic (exact) mass is 303 g/mol. The van der Waals surface area contributed by atoms with Crippen LogP contribution in [0.3, 0.4) is 0 Å². The summed E-state index contributed by atoms with van der Waals surface area (Å²) in [6.45, 7) is 5.76. The van der Waals surface area contributed by atoms with Gasteiger partial charge >= 0.3 is 6.09 Å². The lowest BCUT2D eigenvalue weighted by Gasteiger charge is -2.30. The van der Waals surface area contributed by atoms with Gasteiger partial charge in [0.25, 0.3) is 0 Å². The lowest BCUT2D eigenvalue weighted by atomic mass is 10.0. The van der Waals surface area contributed by atoms with E-state index in [1.54, 1.807) is 30.7 Å². The Morgan fingerprint density at radius 1 is 1.36 bits per heavy atom. The van der Waals surface area contributed by atoms with Crippen molar-refractivity contribution in [3.8, 4) is 5.69 Å². The first-order valence-corrected chi connectivity index (χ1v) is 7.23. The first kappa shape index (κ1) is 14.6. The Hall–Kier alpha value is -2.37. The molecule has 1 aliphatic heterocycles. The van der Waals surface area contributed by atoms with E-state index in [1.807, 2.05) is 13.1 Å². The van der Waals surface area contributed by atoms with Gasteiger partial charge in [-0.15, -0.1) is 0 Å². The minimum atomic E-state index is -0.917. The molecule has 1 aromatic carbocycles. The zero-order chi connectivity index (χ0) is 16.0. The Kier molecular flexibility index (Phi) is 3.39. The highest BCUT2D eigenvalue weighted by molar-refractivity contribution is 5.66. The Bertz CT molecular complexity index is 731. The van der Waals surface area contributed by atoms with Crippen LogP contribution in [0.5, 0.6) is 0 Å². The number of benzene rings is 1. The highest BCUT2D eigenvalue weighted by Gasteiger charge is 2.29. The second kappa shape index (κ2) is 5.12. The summed E-state index contributed by atoms with van der Waals surface area (Å²) >= 11 is 0. The minimum absolute atomic E-state index is 0.203. The van der Waals surface area contributed by atoms with Crippen LogP contribution in [0.15, 0.2) is 18.3 Å². The first-order chi connectivity index (χ1) is 10.4. The summed E-state index contributed by atoms with van der Waals surface area (Å²) in [7, 11) is 0. The van der Waals surface area contributed by atoms with E-state index in [2.05, 4.69) is 5.10 Å². The number of carboxylic acid groups (broad SMARTS) is 1. The van der Waals surface area contributed by atoms with Gasteiger partial charge in [-0.1, -0.05) is 0 Å². The van der Waals surface area contributed by atoms with Crippen LogP contribution in [0, 0.1) is 19.7 Å². The molecular formula is C16H18FN3O2. The lowest BCUT2D eigenvalue weighted by Crippen LogP contribution is -2.37. The number of fused-ring (bicyclic) bond motifs is 1. The van der Waals surface area contributed by atoms with Gasteiger partial charge in [0.15, 0.2) is 0 Å². The fourth-order valence-corrected chi connectivity index (χ4v) is 3.00. The van der Waals surface area contributed by atoms with E-state index in [1.165, 1.54) is 4.90 Å². The van der Waals surface area contributed by atoms with E-state index in [9.17, 15) is 14.3 Å². The summed E-state index contributed by atoms with van der Waals surface area (Å²) in [5.41, 5.74) is 3.75. The average molecular weight is 303 g/mol. The lowest BCUT2D eigenvalue weighted by molar-refractivity contribution is 0.124. The number of hydrogen-bond donors (Lipinski definition) is 1. The number of nitrogens with zero attached hydrogens (tertiary/aromatic N) is 3. The van der Waals surface area contributed by atoms with Crippen LogP contribution in [0.1, 0.15) is 35.3 Å². The topological polar surface area (TPSA) is 58.4 Å². The van der Waals surface area contributed by atoms with E-state index < -0.39 is 6.09 Å². The van der Waals surface area contributed by atoms with Crippen molar-refractivity contribution < 1.29 is 14.3 Å². The van der Waals surface area contributed by atoms with Crippen LogP contribution < -0.4 is 0 Å². The third kappa shape index (κ3) is 2.24. The number of rotatable bonds is 1. The SMILES string of the molecule is Cc1cc(-n2cc3c(n2)CCN(C(=O)O)C3C)cc(C)c1F. The van der Waals surface area contributed by atoms with E-state index in [4.69, 9.17) is 0 Å². The summed E-state index contributed by atoms with van der Waals surface area (Å²) in [6, 6.07) is 3.28. The van der Waals surface area contributed by atoms with Gasteiger partial charge in [-0.05, 0) is 44.0 Å². The maximum atomic E-state index is 13.8. The van der Waals surface area contributed by atoms with Gasteiger partial charge in [-0.3, -0.25) is 0 Å². The smallest absolute Gasteiger partial charge is 0.407 e. The second-order valence-corrected chi connectivity index (χ2v) is 5.77. The maximum Gasteiger partial charge on any atom is 0.407 e. The van der Waals surface area contributed by atoms with Crippen LogP contribution in [-0.2, 0) is 6.42 Å². The molecule has 0 bridgehead atoms. The van der Waals surface area contributed by atoms with Gasteiger partial charge < -0.3 is 10.0 Å². The summed E-state index contributed by atoms with van der Waals surface area (Å²) in [5.74, 6) is -0.203. The van der Waals surface area contributed by atoms with Crippen molar-refractivity contribution in [2.45, 2.75) is 33.2 Å². The van der Waals surface area contributed by atoms with Gasteiger partial charge in [0.2, 0.25) is 0 Å². The fraction of sp³-hybridized carbons (Fsp3) is 0.375. The van der Waals surface area contributed by atoms with Crippen molar-refractivity contribution in [2.24, 2.45) is 0 Å². The van der Waals surface area contributed by atoms with Crippen LogP contribution >= 0.6 is 0 Å². The predicted octanol–water partition coefficient (Wildman–Crippen LogP) is 3.23. The zero-order valence-electron chi connectivity index (χ0n) is 12.8. The van der Waals surface area contributed by atoms with Gasteiger partial charge in [0.05, 0.1) is 17.4 Å². The number of hydrogen-bond acceptors (Lipinski definition) is 2. The molecule has 0 saturated carbocycles. The molecule has 0 spiro atoms. The standard InChI is InChI=1S/C16H18FN3O2/c1-9-6-12(7-10(2)15(9)17)20-8-13-11(3)19(16(21)22)5-4-14(13)18-20/h6-8,11H,4-5H2,1-3H3,(H,21,22). The molecule has 0 fully saturated rings. The summed E-state index contributed by atoms with van der Waals surface area (Å²) in [5, 5.41) is 13.8. The molecule has 116 valence electrons. The molecule has 6 heteroatoms. The fourth-order valence-electron chi connectivity index (χ4n) is 3.00. The molecule has 22 heavy (non-hydrogen) atoms. The van der Waals surface area contributed by atoms with Crippen molar-refractivity contribution in [3.05, 3.63) is 46.5 Å². The molecule has 0 saturated heterocycles. The highest BCUT2D eigenvalue weighted by Crippen LogP contribution is 2.30. The van der Waals surface area contributed by atoms with Crippen LogP contribution in [0.4, 0.5) is 9.18 Å². The van der Waals surface area contributed by atoms with Gasteiger partial charge in [0, 0.05) is 24.7 Å². The predicted molar refractivity (Wildman–Crippen MR) is 79.8 cm³/mol. The number of amides is 1. The van der Waals surface area contributed by atoms with Crippen LogP contribution in [0.25, 0.3) is 5.69 Å². The first-order valence-electron chi connectivity index (χ1n) is 7.23. The Labute approximate surface area is 128 Å². The van der Waals surface area contributed by atoms with Crippen molar-refractivity contribution in [1.82, 2.24) is 14.7 Å². The molecular weight excluding hydrogens is 285 g/mol. The van der Waals surface area contributed by atoms with Crippen molar-refractivity contribution in [2.75, 3.05) is 6.54 Å². The summed E-state index contributed by atoms with van der Waals surface area (Å²) in [4.78, 5) is 12.6. The molecule has 1 unspecified atom stereocenters. The largest absolute Gasteiger partial charge is 0.465 e. The highest BCUT2D eigenvalue weighted by atomic mass is 19.1. The average Bonchev–Trinajstić information content (AvgIpc) is 2.89. The van der Waals surface area contributed by atoms with Crippen molar-refractivity contribution >= 4 is 6.09 Å². The quantitative estimate of drug-likeness (QED) is 0.880. The van der Waals surface area contributed by atoms with Crippen molar-refractivity contribution in [3.63, 3.8) is 0 Å². The minimum Gasteiger partial charge on any atom is -0.465 e. The molecule has 1 aliphatic rings. The molecule has 2 heterocycles. The van der Waals surface area contributed by atoms with E-state index >= 15 is 0 Å². The molecule has 5 nitrogen and oxygen atoms in total. The molecule has 1 atom stereocenters. The van der Waals surface area contributed by atoms with Gasteiger partial charge in [-0.25, -0.2) is 13.9 Å². The van der Waals surface area contributed by atoms with Gasteiger partial charge in [-0.2, -0.15) is 5.10 Å². The number of carbonyl (C=O) groups is 1. The van der Waals surface area contributed by atoms with Crippen LogP contribution in [-0.4, -0.2) is 32.4 Å². The van der Waals surface area contributed by atoms with Gasteiger partial charge in [0.1, 0.15) is 5.82 Å². The number of aryl methyl sites for hydroxylation is 2. The Morgan fingerprint density at radius 3 is 2.59 bits per heavy atom. The molecule has 2 aromatic rings. The molecule has 0 radical (unpaired) electrons.